The molecule has 0 aliphatic carbocycles. The predicted molar refractivity (Wildman–Crippen MR) is 104 cm³/mol. The number of carbonyl (C=O) groups is 1. The molecule has 6 nitrogen and oxygen atoms in total. The fourth-order valence-electron chi connectivity index (χ4n) is 3.09. The van der Waals surface area contributed by atoms with E-state index in [4.69, 9.17) is 5.73 Å². The van der Waals surface area contributed by atoms with Crippen molar-refractivity contribution in [2.24, 2.45) is 0 Å². The summed E-state index contributed by atoms with van der Waals surface area (Å²) in [5, 5.41) is 9.21. The maximum absolute atomic E-state index is 12.0. The number of hydrogen-bond acceptors (Lipinski definition) is 5. The number of rotatable bonds is 3. The number of ketones is 1. The van der Waals surface area contributed by atoms with E-state index in [1.54, 1.807) is 30.6 Å². The number of hydrogen-bond donors (Lipinski definition) is 2. The average Bonchev–Trinajstić information content (AvgIpc) is 3.15. The van der Waals surface area contributed by atoms with Crippen molar-refractivity contribution in [3.63, 3.8) is 0 Å². The molecule has 130 valence electrons. The summed E-state index contributed by atoms with van der Waals surface area (Å²) < 4.78 is 0. The Morgan fingerprint density at radius 3 is 2.78 bits per heavy atom. The van der Waals surface area contributed by atoms with Gasteiger partial charge in [0.2, 0.25) is 0 Å². The molecule has 3 N–H and O–H groups in total. The number of benzene rings is 2. The van der Waals surface area contributed by atoms with Crippen LogP contribution in [0.1, 0.15) is 22.8 Å². The normalized spacial score (nSPS) is 10.7. The number of nitrogen functional groups attached to an aromatic ring is 1. The van der Waals surface area contributed by atoms with Crippen LogP contribution in [-0.2, 0) is 0 Å². The fourth-order valence-corrected chi connectivity index (χ4v) is 3.09. The van der Waals surface area contributed by atoms with Gasteiger partial charge in [-0.15, -0.1) is 0 Å². The van der Waals surface area contributed by atoms with Crippen LogP contribution in [0, 0.1) is 11.3 Å². The maximum Gasteiger partial charge on any atom is 0.163 e. The maximum atomic E-state index is 12.0. The van der Waals surface area contributed by atoms with E-state index in [-0.39, 0.29) is 11.6 Å². The molecule has 0 fully saturated rings. The third-order valence-corrected chi connectivity index (χ3v) is 4.43. The number of fused-ring (bicyclic) bond motifs is 1. The van der Waals surface area contributed by atoms with Gasteiger partial charge in [0.25, 0.3) is 0 Å². The second-order valence-corrected chi connectivity index (χ2v) is 6.20. The minimum Gasteiger partial charge on any atom is -0.383 e. The number of carbonyl (C=O) groups excluding carboxylic acids is 1. The molecule has 0 radical (unpaired) electrons. The van der Waals surface area contributed by atoms with Crippen LogP contribution in [0.2, 0.25) is 0 Å². The first-order valence-corrected chi connectivity index (χ1v) is 8.32. The molecule has 0 unspecified atom stereocenters. The number of nitriles is 1. The Labute approximate surface area is 155 Å². The van der Waals surface area contributed by atoms with Gasteiger partial charge in [0.1, 0.15) is 5.82 Å². The monoisotopic (exact) mass is 353 g/mol. The zero-order chi connectivity index (χ0) is 19.0. The first-order valence-electron chi connectivity index (χ1n) is 8.32. The molecule has 27 heavy (non-hydrogen) atoms. The van der Waals surface area contributed by atoms with Crippen LogP contribution in [-0.4, -0.2) is 20.7 Å². The quantitative estimate of drug-likeness (QED) is 0.542. The average molecular weight is 353 g/mol. The number of imidazole rings is 1. The molecule has 0 amide bonds. The molecule has 0 aliphatic heterocycles. The molecule has 2 heterocycles. The van der Waals surface area contributed by atoms with Gasteiger partial charge >= 0.3 is 0 Å². The van der Waals surface area contributed by atoms with Crippen molar-refractivity contribution >= 4 is 22.6 Å². The minimum atomic E-state index is -0.153. The number of aromatic nitrogens is 3. The SMILES string of the molecule is CC(=O)c1cc(-c2ccc3[nH]cnc3c2)c(-c2cccc(C#N)c2)nc1N. The molecule has 0 bridgehead atoms. The van der Waals surface area contributed by atoms with Gasteiger partial charge in [0.05, 0.1) is 40.3 Å². The molecule has 2 aromatic carbocycles. The highest BCUT2D eigenvalue weighted by molar-refractivity contribution is 6.01. The first-order chi connectivity index (χ1) is 13.1. The second kappa shape index (κ2) is 6.39. The molecular weight excluding hydrogens is 338 g/mol. The standard InChI is InChI=1S/C21H15N5O/c1-12(27)16-9-17(14-5-6-18-19(8-14)25-11-24-18)20(26-21(16)23)15-4-2-3-13(7-15)10-22/h2-9,11H,1H3,(H2,23,26)(H,24,25). The summed E-state index contributed by atoms with van der Waals surface area (Å²) in [7, 11) is 0. The summed E-state index contributed by atoms with van der Waals surface area (Å²) >= 11 is 0. The fraction of sp³-hybridized carbons (Fsp3) is 0.0476. The van der Waals surface area contributed by atoms with E-state index in [1.807, 2.05) is 24.3 Å². The van der Waals surface area contributed by atoms with Crippen molar-refractivity contribution in [3.8, 4) is 28.5 Å². The van der Waals surface area contributed by atoms with E-state index in [0.717, 1.165) is 27.7 Å². The van der Waals surface area contributed by atoms with Crippen LogP contribution in [0.25, 0.3) is 33.4 Å². The molecule has 2 aromatic heterocycles. The number of nitrogens with one attached hydrogen (secondary N) is 1. The predicted octanol–water partition coefficient (Wildman–Crippen LogP) is 3.95. The number of pyridine rings is 1. The summed E-state index contributed by atoms with van der Waals surface area (Å²) in [5.41, 5.74) is 11.7. The zero-order valence-electron chi connectivity index (χ0n) is 14.5. The van der Waals surface area contributed by atoms with E-state index in [2.05, 4.69) is 21.0 Å². The van der Waals surface area contributed by atoms with Crippen LogP contribution >= 0.6 is 0 Å². The lowest BCUT2D eigenvalue weighted by atomic mass is 9.95. The van der Waals surface area contributed by atoms with Crippen molar-refractivity contribution < 1.29 is 4.79 Å². The minimum absolute atomic E-state index is 0.153. The highest BCUT2D eigenvalue weighted by atomic mass is 16.1. The number of Topliss-reactive ketones (excluding diaryl/α,β-unsaturated/α-hetero) is 1. The van der Waals surface area contributed by atoms with E-state index < -0.39 is 0 Å². The van der Waals surface area contributed by atoms with Crippen molar-refractivity contribution in [1.29, 1.82) is 5.26 Å². The molecular formula is C21H15N5O. The van der Waals surface area contributed by atoms with Gasteiger partial charge < -0.3 is 10.7 Å². The first kappa shape index (κ1) is 16.5. The van der Waals surface area contributed by atoms with Crippen molar-refractivity contribution in [2.75, 3.05) is 5.73 Å². The molecule has 0 spiro atoms. The smallest absolute Gasteiger partial charge is 0.163 e. The van der Waals surface area contributed by atoms with Crippen LogP contribution in [0.4, 0.5) is 5.82 Å². The molecule has 0 atom stereocenters. The third kappa shape index (κ3) is 2.92. The Hall–Kier alpha value is -3.98. The summed E-state index contributed by atoms with van der Waals surface area (Å²) in [5.74, 6) is 0.0175. The van der Waals surface area contributed by atoms with Gasteiger partial charge in [-0.1, -0.05) is 18.2 Å². The lowest BCUT2D eigenvalue weighted by Crippen LogP contribution is -2.05. The third-order valence-electron chi connectivity index (χ3n) is 4.43. The second-order valence-electron chi connectivity index (χ2n) is 6.20. The highest BCUT2D eigenvalue weighted by Gasteiger charge is 2.16. The summed E-state index contributed by atoms with van der Waals surface area (Å²) in [4.78, 5) is 23.9. The highest BCUT2D eigenvalue weighted by Crippen LogP contribution is 2.34. The summed E-state index contributed by atoms with van der Waals surface area (Å²) in [6.45, 7) is 1.46. The Morgan fingerprint density at radius 2 is 2.00 bits per heavy atom. The molecule has 0 saturated carbocycles. The van der Waals surface area contributed by atoms with Crippen molar-refractivity contribution in [2.45, 2.75) is 6.92 Å². The molecule has 6 heteroatoms. The van der Waals surface area contributed by atoms with Gasteiger partial charge in [-0.25, -0.2) is 9.97 Å². The molecule has 4 aromatic rings. The Bertz CT molecular complexity index is 1230. The number of H-pyrrole nitrogens is 1. The number of nitrogens with two attached hydrogens (primary N) is 1. The van der Waals surface area contributed by atoms with Gasteiger partial charge in [0, 0.05) is 11.1 Å². The van der Waals surface area contributed by atoms with Crippen LogP contribution in [0.5, 0.6) is 0 Å². The zero-order valence-corrected chi connectivity index (χ0v) is 14.5. The topological polar surface area (TPSA) is 108 Å². The Balaban J connectivity index is 2.01. The Kier molecular flexibility index (Phi) is 3.90. The Morgan fingerprint density at radius 1 is 1.15 bits per heavy atom. The number of anilines is 1. The lowest BCUT2D eigenvalue weighted by molar-refractivity contribution is 0.101. The van der Waals surface area contributed by atoms with Crippen molar-refractivity contribution in [1.82, 2.24) is 15.0 Å². The van der Waals surface area contributed by atoms with E-state index >= 15 is 0 Å². The summed E-state index contributed by atoms with van der Waals surface area (Å²) in [6, 6.07) is 16.8. The summed E-state index contributed by atoms with van der Waals surface area (Å²) in [6.07, 6.45) is 1.63. The molecule has 0 aliphatic rings. The van der Waals surface area contributed by atoms with Crippen LogP contribution in [0.15, 0.2) is 54.9 Å². The van der Waals surface area contributed by atoms with E-state index in [1.165, 1.54) is 6.92 Å². The number of aromatic amines is 1. The number of nitrogens with zero attached hydrogens (tertiary/aromatic N) is 3. The van der Waals surface area contributed by atoms with Gasteiger partial charge in [-0.2, -0.15) is 5.26 Å². The van der Waals surface area contributed by atoms with Gasteiger partial charge in [0.15, 0.2) is 5.78 Å². The van der Waals surface area contributed by atoms with Crippen molar-refractivity contribution in [3.05, 3.63) is 66.0 Å². The van der Waals surface area contributed by atoms with Crippen LogP contribution in [0.3, 0.4) is 0 Å². The van der Waals surface area contributed by atoms with E-state index in [0.29, 0.717) is 16.8 Å². The van der Waals surface area contributed by atoms with Crippen LogP contribution < -0.4 is 5.73 Å². The van der Waals surface area contributed by atoms with Gasteiger partial charge in [-0.05, 0) is 42.8 Å². The van der Waals surface area contributed by atoms with E-state index in [9.17, 15) is 10.1 Å². The largest absolute Gasteiger partial charge is 0.383 e. The van der Waals surface area contributed by atoms with Gasteiger partial charge in [-0.3, -0.25) is 4.79 Å². The molecule has 0 saturated heterocycles. The lowest BCUT2D eigenvalue weighted by Gasteiger charge is -2.13. The molecule has 4 rings (SSSR count).